The van der Waals surface area contributed by atoms with E-state index in [1.165, 1.54) is 11.1 Å². The van der Waals surface area contributed by atoms with Gasteiger partial charge in [-0.2, -0.15) is 0 Å². The van der Waals surface area contributed by atoms with Crippen LogP contribution >= 0.6 is 15.9 Å². The summed E-state index contributed by atoms with van der Waals surface area (Å²) in [4.78, 5) is 0.367. The van der Waals surface area contributed by atoms with Gasteiger partial charge in [0.2, 0.25) is 0 Å². The number of alkyl halides is 1. The second kappa shape index (κ2) is 7.40. The molecule has 0 saturated carbocycles. The Labute approximate surface area is 119 Å². The lowest BCUT2D eigenvalue weighted by Gasteiger charge is -2.24. The topological polar surface area (TPSA) is 27.7 Å². The zero-order valence-corrected chi connectivity index (χ0v) is 14.0. The highest BCUT2D eigenvalue weighted by Gasteiger charge is 2.37. The van der Waals surface area contributed by atoms with E-state index in [0.29, 0.717) is 4.83 Å². The summed E-state index contributed by atoms with van der Waals surface area (Å²) in [7, 11) is 2.49. The molecule has 5 heteroatoms. The molecule has 0 aliphatic rings. The van der Waals surface area contributed by atoms with Gasteiger partial charge in [0.1, 0.15) is 0 Å². The van der Waals surface area contributed by atoms with Crippen molar-refractivity contribution in [3.63, 3.8) is 0 Å². The van der Waals surface area contributed by atoms with Gasteiger partial charge in [-0.05, 0) is 24.5 Å². The van der Waals surface area contributed by atoms with Gasteiger partial charge in [0.05, 0.1) is 0 Å². The number of halogens is 1. The highest BCUT2D eigenvalue weighted by Crippen LogP contribution is 2.24. The van der Waals surface area contributed by atoms with Crippen LogP contribution in [-0.4, -0.2) is 30.1 Å². The van der Waals surface area contributed by atoms with Crippen LogP contribution in [0.5, 0.6) is 0 Å². The van der Waals surface area contributed by atoms with E-state index in [1.807, 2.05) is 0 Å². The largest absolute Gasteiger partial charge is 0.500 e. The fourth-order valence-corrected chi connectivity index (χ4v) is 3.84. The Hall–Kier alpha value is -0.203. The molecule has 0 amide bonds. The van der Waals surface area contributed by atoms with E-state index < -0.39 is 8.80 Å². The molecule has 1 atom stereocenters. The summed E-state index contributed by atoms with van der Waals surface area (Å²) in [5.41, 5.74) is 2.56. The normalized spacial score (nSPS) is 13.6. The van der Waals surface area contributed by atoms with Crippen molar-refractivity contribution in [2.75, 3.05) is 21.3 Å². The SMILES string of the molecule is CO[Si](CCc1cccc(C(C)Br)c1)(OC)OC. The second-order valence-electron chi connectivity index (χ2n) is 4.16. The van der Waals surface area contributed by atoms with Crippen LogP contribution in [0, 0.1) is 0 Å². The van der Waals surface area contributed by atoms with Gasteiger partial charge >= 0.3 is 8.80 Å². The maximum atomic E-state index is 5.42. The molecule has 0 spiro atoms. The number of hydrogen-bond acceptors (Lipinski definition) is 3. The molecule has 0 saturated heterocycles. The highest BCUT2D eigenvalue weighted by atomic mass is 79.9. The van der Waals surface area contributed by atoms with Gasteiger partial charge in [-0.25, -0.2) is 0 Å². The first-order valence-electron chi connectivity index (χ1n) is 5.95. The molecule has 3 nitrogen and oxygen atoms in total. The third-order valence-corrected chi connectivity index (χ3v) is 6.32. The summed E-state index contributed by atoms with van der Waals surface area (Å²) < 4.78 is 16.3. The summed E-state index contributed by atoms with van der Waals surface area (Å²) >= 11 is 3.58. The van der Waals surface area contributed by atoms with E-state index in [1.54, 1.807) is 21.3 Å². The second-order valence-corrected chi connectivity index (χ2v) is 8.62. The smallest absolute Gasteiger partial charge is 0.377 e. The summed E-state index contributed by atoms with van der Waals surface area (Å²) in [5, 5.41) is 0. The van der Waals surface area contributed by atoms with E-state index in [-0.39, 0.29) is 0 Å². The zero-order chi connectivity index (χ0) is 13.6. The van der Waals surface area contributed by atoms with Crippen molar-refractivity contribution in [3.8, 4) is 0 Å². The summed E-state index contributed by atoms with van der Waals surface area (Å²) in [6.45, 7) is 2.12. The lowest BCUT2D eigenvalue weighted by molar-refractivity contribution is 0.123. The molecule has 0 N–H and O–H groups in total. The lowest BCUT2D eigenvalue weighted by atomic mass is 10.1. The minimum atomic E-state index is -2.46. The van der Waals surface area contributed by atoms with Crippen molar-refractivity contribution in [3.05, 3.63) is 35.4 Å². The van der Waals surface area contributed by atoms with Gasteiger partial charge < -0.3 is 13.3 Å². The summed E-state index contributed by atoms with van der Waals surface area (Å²) in [6, 6.07) is 9.32. The van der Waals surface area contributed by atoms with Crippen molar-refractivity contribution in [1.29, 1.82) is 0 Å². The first kappa shape index (κ1) is 15.9. The molecule has 0 bridgehead atoms. The molecule has 18 heavy (non-hydrogen) atoms. The molecule has 0 aliphatic carbocycles. The molecular weight excluding hydrogens is 312 g/mol. The van der Waals surface area contributed by atoms with Crippen LogP contribution in [0.15, 0.2) is 24.3 Å². The van der Waals surface area contributed by atoms with Gasteiger partial charge in [-0.1, -0.05) is 40.2 Å². The van der Waals surface area contributed by atoms with E-state index >= 15 is 0 Å². The molecule has 102 valence electrons. The van der Waals surface area contributed by atoms with Crippen molar-refractivity contribution in [2.45, 2.75) is 24.2 Å². The fourth-order valence-electron chi connectivity index (χ4n) is 1.85. The Bertz CT molecular complexity index is 359. The van der Waals surface area contributed by atoms with E-state index in [4.69, 9.17) is 13.3 Å². The Morgan fingerprint density at radius 1 is 1.17 bits per heavy atom. The standard InChI is InChI=1S/C13H21BrO3Si/c1-11(14)13-7-5-6-12(10-13)8-9-18(15-2,16-3)17-4/h5-7,10-11H,8-9H2,1-4H3. The van der Waals surface area contributed by atoms with Crippen LogP contribution in [0.25, 0.3) is 0 Å². The summed E-state index contributed by atoms with van der Waals surface area (Å²) in [6.07, 6.45) is 0.898. The molecule has 1 aromatic carbocycles. The molecule has 0 fully saturated rings. The van der Waals surface area contributed by atoms with Gasteiger partial charge in [0.25, 0.3) is 0 Å². The highest BCUT2D eigenvalue weighted by molar-refractivity contribution is 9.09. The molecule has 1 rings (SSSR count). The van der Waals surface area contributed by atoms with Gasteiger partial charge in [-0.15, -0.1) is 0 Å². The third kappa shape index (κ3) is 4.17. The van der Waals surface area contributed by atoms with E-state index in [2.05, 4.69) is 47.1 Å². The molecular formula is C13H21BrO3Si. The van der Waals surface area contributed by atoms with Crippen LogP contribution in [-0.2, 0) is 19.7 Å². The monoisotopic (exact) mass is 332 g/mol. The average molecular weight is 333 g/mol. The lowest BCUT2D eigenvalue weighted by Crippen LogP contribution is -2.43. The molecule has 1 unspecified atom stereocenters. The maximum absolute atomic E-state index is 5.42. The maximum Gasteiger partial charge on any atom is 0.500 e. The van der Waals surface area contributed by atoms with Crippen molar-refractivity contribution < 1.29 is 13.3 Å². The van der Waals surface area contributed by atoms with Crippen LogP contribution in [0.2, 0.25) is 6.04 Å². The van der Waals surface area contributed by atoms with Crippen molar-refractivity contribution in [2.24, 2.45) is 0 Å². The third-order valence-electron chi connectivity index (χ3n) is 3.06. The van der Waals surface area contributed by atoms with E-state index in [0.717, 1.165) is 12.5 Å². The average Bonchev–Trinajstić information content (AvgIpc) is 2.41. The first-order chi connectivity index (χ1) is 8.56. The summed E-state index contributed by atoms with van der Waals surface area (Å²) in [5.74, 6) is 0. The minimum absolute atomic E-state index is 0.367. The van der Waals surface area contributed by atoms with Gasteiger partial charge in [0, 0.05) is 32.2 Å². The Morgan fingerprint density at radius 2 is 1.78 bits per heavy atom. The number of benzene rings is 1. The quantitative estimate of drug-likeness (QED) is 0.564. The molecule has 0 aliphatic heterocycles. The molecule has 0 aromatic heterocycles. The fraction of sp³-hybridized carbons (Fsp3) is 0.538. The van der Waals surface area contributed by atoms with Gasteiger partial charge in [-0.3, -0.25) is 0 Å². The van der Waals surface area contributed by atoms with Crippen LogP contribution in [0.1, 0.15) is 22.9 Å². The number of aryl methyl sites for hydroxylation is 1. The van der Waals surface area contributed by atoms with Crippen LogP contribution < -0.4 is 0 Å². The Balaban J connectivity index is 2.70. The predicted octanol–water partition coefficient (Wildman–Crippen LogP) is 3.56. The molecule has 0 heterocycles. The van der Waals surface area contributed by atoms with Crippen molar-refractivity contribution >= 4 is 24.7 Å². The minimum Gasteiger partial charge on any atom is -0.377 e. The first-order valence-corrected chi connectivity index (χ1v) is 8.80. The van der Waals surface area contributed by atoms with Crippen LogP contribution in [0.3, 0.4) is 0 Å². The van der Waals surface area contributed by atoms with Crippen LogP contribution in [0.4, 0.5) is 0 Å². The molecule has 0 radical (unpaired) electrons. The zero-order valence-electron chi connectivity index (χ0n) is 11.4. The number of rotatable bonds is 7. The Kier molecular flexibility index (Phi) is 6.52. The van der Waals surface area contributed by atoms with Crippen molar-refractivity contribution in [1.82, 2.24) is 0 Å². The predicted molar refractivity (Wildman–Crippen MR) is 79.1 cm³/mol. The van der Waals surface area contributed by atoms with Gasteiger partial charge in [0.15, 0.2) is 0 Å². The molecule has 1 aromatic rings. The van der Waals surface area contributed by atoms with E-state index in [9.17, 15) is 0 Å². The Morgan fingerprint density at radius 3 is 2.28 bits per heavy atom. The number of hydrogen-bond donors (Lipinski definition) is 0.